The number of rotatable bonds is 7. The molecule has 2 aromatic carbocycles. The molecule has 8 heteroatoms. The average molecular weight is 424 g/mol. The quantitative estimate of drug-likeness (QED) is 0.584. The van der Waals surface area contributed by atoms with Crippen molar-refractivity contribution in [2.45, 2.75) is 37.7 Å². The van der Waals surface area contributed by atoms with E-state index < -0.39 is 35.8 Å². The molecule has 4 rings (SSSR count). The third kappa shape index (κ3) is 4.67. The second kappa shape index (κ2) is 9.40. The van der Waals surface area contributed by atoms with Crippen molar-refractivity contribution in [1.82, 2.24) is 9.13 Å². The number of benzene rings is 2. The van der Waals surface area contributed by atoms with E-state index in [0.717, 1.165) is 20.3 Å². The number of nitrogens with zero attached hydrogens (tertiary/aromatic N) is 2. The topological polar surface area (TPSA) is 103 Å². The van der Waals surface area contributed by atoms with Gasteiger partial charge in [0, 0.05) is 12.3 Å². The Morgan fingerprint density at radius 1 is 0.871 bits per heavy atom. The molecule has 2 heterocycles. The Bertz CT molecular complexity index is 1110. The molecule has 162 valence electrons. The van der Waals surface area contributed by atoms with Gasteiger partial charge in [-0.1, -0.05) is 60.7 Å². The molecule has 0 spiro atoms. The Balaban J connectivity index is 1.49. The number of hydrogen-bond donors (Lipinski definition) is 2. The Morgan fingerprint density at radius 2 is 1.52 bits per heavy atom. The highest BCUT2D eigenvalue weighted by Crippen LogP contribution is 2.28. The minimum atomic E-state index is -1.34. The molecular weight excluding hydrogens is 400 g/mol. The van der Waals surface area contributed by atoms with Crippen molar-refractivity contribution in [2.24, 2.45) is 0 Å². The van der Waals surface area contributed by atoms with Crippen molar-refractivity contribution < 1.29 is 19.7 Å². The number of aliphatic hydroxyl groups is 2. The molecular formula is C23H24N2O6. The standard InChI is InChI=1S/C23H24N2O6/c26-19-11-12-24(23(29)25(19)13-16-7-3-1-4-8-16)22-21(28)20(27)18(31-22)15-30-14-17-9-5-2-6-10-17/h1-12,18,20-22,27-28H,13-15H2/t18-,20-,21-,22-/m1/s1. The minimum absolute atomic E-state index is 0.0437. The molecule has 1 aromatic heterocycles. The van der Waals surface area contributed by atoms with Gasteiger partial charge >= 0.3 is 5.69 Å². The van der Waals surface area contributed by atoms with E-state index in [9.17, 15) is 19.8 Å². The van der Waals surface area contributed by atoms with Crippen LogP contribution in [0.15, 0.2) is 82.5 Å². The summed E-state index contributed by atoms with van der Waals surface area (Å²) in [7, 11) is 0. The largest absolute Gasteiger partial charge is 0.387 e. The van der Waals surface area contributed by atoms with E-state index in [0.29, 0.717) is 6.61 Å². The molecule has 4 atom stereocenters. The van der Waals surface area contributed by atoms with Gasteiger partial charge in [0.05, 0.1) is 19.8 Å². The lowest BCUT2D eigenvalue weighted by Crippen LogP contribution is -2.43. The summed E-state index contributed by atoms with van der Waals surface area (Å²) in [6.45, 7) is 0.465. The third-order valence-electron chi connectivity index (χ3n) is 5.28. The minimum Gasteiger partial charge on any atom is -0.387 e. The number of aliphatic hydroxyl groups excluding tert-OH is 2. The number of aromatic nitrogens is 2. The molecule has 0 aliphatic carbocycles. The van der Waals surface area contributed by atoms with E-state index in [1.165, 1.54) is 12.3 Å². The van der Waals surface area contributed by atoms with Crippen LogP contribution in [0, 0.1) is 0 Å². The van der Waals surface area contributed by atoms with Crippen molar-refractivity contribution in [3.8, 4) is 0 Å². The fourth-order valence-corrected chi connectivity index (χ4v) is 3.60. The van der Waals surface area contributed by atoms with Gasteiger partial charge in [-0.15, -0.1) is 0 Å². The monoisotopic (exact) mass is 424 g/mol. The third-order valence-corrected chi connectivity index (χ3v) is 5.28. The van der Waals surface area contributed by atoms with Crippen LogP contribution in [0.5, 0.6) is 0 Å². The molecule has 0 radical (unpaired) electrons. The summed E-state index contributed by atoms with van der Waals surface area (Å²) in [4.78, 5) is 25.2. The van der Waals surface area contributed by atoms with Crippen LogP contribution in [-0.4, -0.2) is 44.3 Å². The molecule has 0 bridgehead atoms. The van der Waals surface area contributed by atoms with Crippen molar-refractivity contribution in [3.05, 3.63) is 105 Å². The highest BCUT2D eigenvalue weighted by Gasteiger charge is 2.44. The Morgan fingerprint density at radius 3 is 2.19 bits per heavy atom. The predicted octanol–water partition coefficient (Wildman–Crippen LogP) is 0.894. The van der Waals surface area contributed by atoms with Gasteiger partial charge in [-0.3, -0.25) is 13.9 Å². The molecule has 1 saturated heterocycles. The summed E-state index contributed by atoms with van der Waals surface area (Å²) in [6.07, 6.45) is -3.24. The molecule has 31 heavy (non-hydrogen) atoms. The molecule has 3 aromatic rings. The van der Waals surface area contributed by atoms with Crippen LogP contribution >= 0.6 is 0 Å². The summed E-state index contributed by atoms with van der Waals surface area (Å²) < 4.78 is 13.6. The first-order valence-corrected chi connectivity index (χ1v) is 10.0. The smallest absolute Gasteiger partial charge is 0.333 e. The van der Waals surface area contributed by atoms with Crippen LogP contribution in [0.4, 0.5) is 0 Å². The Hall–Kier alpha value is -3.04. The van der Waals surface area contributed by atoms with Crippen LogP contribution in [0.25, 0.3) is 0 Å². The van der Waals surface area contributed by atoms with Crippen molar-refractivity contribution in [2.75, 3.05) is 6.61 Å². The lowest BCUT2D eigenvalue weighted by Gasteiger charge is -2.18. The summed E-state index contributed by atoms with van der Waals surface area (Å²) in [5, 5.41) is 20.9. The number of hydrogen-bond acceptors (Lipinski definition) is 6. The fourth-order valence-electron chi connectivity index (χ4n) is 3.60. The van der Waals surface area contributed by atoms with Gasteiger partial charge in [0.1, 0.15) is 18.3 Å². The summed E-state index contributed by atoms with van der Waals surface area (Å²) >= 11 is 0. The molecule has 0 amide bonds. The van der Waals surface area contributed by atoms with Crippen molar-refractivity contribution >= 4 is 0 Å². The molecule has 8 nitrogen and oxygen atoms in total. The second-order valence-corrected chi connectivity index (χ2v) is 7.46. The molecule has 1 aliphatic heterocycles. The maximum atomic E-state index is 13.0. The lowest BCUT2D eigenvalue weighted by atomic mass is 10.1. The Kier molecular flexibility index (Phi) is 6.43. The molecule has 1 fully saturated rings. The van der Waals surface area contributed by atoms with Gasteiger partial charge in [-0.25, -0.2) is 4.79 Å². The van der Waals surface area contributed by atoms with E-state index in [1.54, 1.807) is 0 Å². The zero-order valence-corrected chi connectivity index (χ0v) is 16.8. The lowest BCUT2D eigenvalue weighted by molar-refractivity contribution is -0.0714. The first-order valence-electron chi connectivity index (χ1n) is 10.0. The Labute approximate surface area is 178 Å². The summed E-state index contributed by atoms with van der Waals surface area (Å²) in [5.41, 5.74) is 0.676. The van der Waals surface area contributed by atoms with Gasteiger partial charge in [0.2, 0.25) is 0 Å². The SMILES string of the molecule is O=c1ccn([C@@H]2O[C@H](COCc3ccccc3)[C@@H](O)[C@H]2O)c(=O)n1Cc1ccccc1. The number of ether oxygens (including phenoxy) is 2. The maximum Gasteiger partial charge on any atom is 0.333 e. The predicted molar refractivity (Wildman–Crippen MR) is 113 cm³/mol. The highest BCUT2D eigenvalue weighted by molar-refractivity contribution is 5.15. The van der Waals surface area contributed by atoms with Gasteiger partial charge < -0.3 is 19.7 Å². The summed E-state index contributed by atoms with van der Waals surface area (Å²) in [6, 6.07) is 19.9. The van der Waals surface area contributed by atoms with Crippen LogP contribution in [-0.2, 0) is 22.6 Å². The van der Waals surface area contributed by atoms with E-state index in [1.807, 2.05) is 60.7 Å². The van der Waals surface area contributed by atoms with Crippen LogP contribution in [0.2, 0.25) is 0 Å². The van der Waals surface area contributed by atoms with E-state index in [-0.39, 0.29) is 13.2 Å². The van der Waals surface area contributed by atoms with Gasteiger partial charge in [-0.05, 0) is 11.1 Å². The zero-order chi connectivity index (χ0) is 21.8. The molecule has 2 N–H and O–H groups in total. The molecule has 1 aliphatic rings. The van der Waals surface area contributed by atoms with Gasteiger partial charge in [0.25, 0.3) is 5.56 Å². The summed E-state index contributed by atoms with van der Waals surface area (Å²) in [5.74, 6) is 0. The van der Waals surface area contributed by atoms with Crippen molar-refractivity contribution in [1.29, 1.82) is 0 Å². The van der Waals surface area contributed by atoms with Crippen molar-refractivity contribution in [3.63, 3.8) is 0 Å². The normalized spacial score (nSPS) is 23.2. The van der Waals surface area contributed by atoms with Gasteiger partial charge in [-0.2, -0.15) is 0 Å². The second-order valence-electron chi connectivity index (χ2n) is 7.46. The van der Waals surface area contributed by atoms with E-state index >= 15 is 0 Å². The molecule has 0 saturated carbocycles. The zero-order valence-electron chi connectivity index (χ0n) is 16.8. The first kappa shape index (κ1) is 21.2. The maximum absolute atomic E-state index is 13.0. The van der Waals surface area contributed by atoms with Crippen LogP contribution < -0.4 is 11.2 Å². The van der Waals surface area contributed by atoms with Crippen LogP contribution in [0.1, 0.15) is 17.4 Å². The average Bonchev–Trinajstić information content (AvgIpc) is 3.07. The first-order chi connectivity index (χ1) is 15.0. The fraction of sp³-hybridized carbons (Fsp3) is 0.304. The van der Waals surface area contributed by atoms with Gasteiger partial charge in [0.15, 0.2) is 6.23 Å². The molecule has 0 unspecified atom stereocenters. The van der Waals surface area contributed by atoms with Crippen LogP contribution in [0.3, 0.4) is 0 Å². The van der Waals surface area contributed by atoms with E-state index in [4.69, 9.17) is 9.47 Å². The van der Waals surface area contributed by atoms with E-state index in [2.05, 4.69) is 0 Å². The highest BCUT2D eigenvalue weighted by atomic mass is 16.6.